The second kappa shape index (κ2) is 9.13. The molecule has 0 bridgehead atoms. The summed E-state index contributed by atoms with van der Waals surface area (Å²) >= 11 is 0. The molecule has 0 spiro atoms. The van der Waals surface area contributed by atoms with E-state index >= 15 is 0 Å². The Balaban J connectivity index is 1.71. The molecular formula is C26H24N4O3. The summed E-state index contributed by atoms with van der Waals surface area (Å²) in [5.74, 6) is -0.207. The Morgan fingerprint density at radius 3 is 2.48 bits per heavy atom. The van der Waals surface area contributed by atoms with E-state index < -0.39 is 5.97 Å². The number of aromatic nitrogens is 1. The third kappa shape index (κ3) is 4.70. The van der Waals surface area contributed by atoms with Crippen molar-refractivity contribution < 1.29 is 14.7 Å². The minimum absolute atomic E-state index is 0.00651. The summed E-state index contributed by atoms with van der Waals surface area (Å²) in [6.45, 7) is 3.60. The van der Waals surface area contributed by atoms with Crippen LogP contribution in [0.5, 0.6) is 0 Å². The lowest BCUT2D eigenvalue weighted by Crippen LogP contribution is -2.43. The van der Waals surface area contributed by atoms with E-state index in [1.54, 1.807) is 19.1 Å². The molecule has 0 aliphatic carbocycles. The molecule has 7 nitrogen and oxygen atoms in total. The van der Waals surface area contributed by atoms with Gasteiger partial charge >= 0.3 is 5.97 Å². The molecule has 2 aromatic carbocycles. The maximum absolute atomic E-state index is 12.4. The number of amides is 1. The highest BCUT2D eigenvalue weighted by Crippen LogP contribution is 2.41. The van der Waals surface area contributed by atoms with E-state index in [0.717, 1.165) is 27.9 Å². The van der Waals surface area contributed by atoms with Gasteiger partial charge in [0.15, 0.2) is 0 Å². The van der Waals surface area contributed by atoms with Gasteiger partial charge < -0.3 is 15.3 Å². The number of nitrogens with zero attached hydrogens (tertiary/aromatic N) is 3. The number of benzene rings is 2. The number of carbonyl (C=O) groups excluding carboxylic acids is 1. The van der Waals surface area contributed by atoms with Crippen molar-refractivity contribution in [2.24, 2.45) is 0 Å². The fourth-order valence-corrected chi connectivity index (χ4v) is 4.37. The first kappa shape index (κ1) is 22.0. The minimum Gasteiger partial charge on any atom is -0.481 e. The smallest absolute Gasteiger partial charge is 0.307 e. The number of pyridine rings is 1. The molecule has 33 heavy (non-hydrogen) atoms. The Hall–Kier alpha value is -4.18. The Labute approximate surface area is 192 Å². The van der Waals surface area contributed by atoms with Crippen LogP contribution in [0.15, 0.2) is 60.8 Å². The van der Waals surface area contributed by atoms with Crippen LogP contribution in [0.2, 0.25) is 0 Å². The largest absolute Gasteiger partial charge is 0.481 e. The van der Waals surface area contributed by atoms with Gasteiger partial charge in [-0.2, -0.15) is 5.26 Å². The first-order chi connectivity index (χ1) is 15.9. The van der Waals surface area contributed by atoms with Crippen molar-refractivity contribution in [1.82, 2.24) is 4.98 Å². The van der Waals surface area contributed by atoms with Gasteiger partial charge in [-0.15, -0.1) is 0 Å². The van der Waals surface area contributed by atoms with Crippen molar-refractivity contribution in [2.75, 3.05) is 10.2 Å². The van der Waals surface area contributed by atoms with Crippen molar-refractivity contribution in [3.05, 3.63) is 77.5 Å². The summed E-state index contributed by atoms with van der Waals surface area (Å²) in [5, 5.41) is 21.5. The molecule has 1 aliphatic heterocycles. The molecule has 0 saturated heterocycles. The van der Waals surface area contributed by atoms with E-state index in [2.05, 4.69) is 22.4 Å². The third-order valence-electron chi connectivity index (χ3n) is 5.88. The van der Waals surface area contributed by atoms with E-state index in [1.165, 1.54) is 6.20 Å². The Kier molecular flexibility index (Phi) is 6.09. The van der Waals surface area contributed by atoms with E-state index in [9.17, 15) is 9.59 Å². The van der Waals surface area contributed by atoms with Crippen molar-refractivity contribution in [2.45, 2.75) is 38.8 Å². The summed E-state index contributed by atoms with van der Waals surface area (Å²) in [6, 6.07) is 19.0. The Morgan fingerprint density at radius 2 is 1.88 bits per heavy atom. The lowest BCUT2D eigenvalue weighted by atomic mass is 9.89. The number of carbonyl (C=O) groups is 2. The summed E-state index contributed by atoms with van der Waals surface area (Å²) in [6.07, 6.45) is 2.22. The van der Waals surface area contributed by atoms with Crippen LogP contribution >= 0.6 is 0 Å². The number of rotatable bonds is 5. The fraction of sp³-hybridized carbons (Fsp3) is 0.231. The van der Waals surface area contributed by atoms with Gasteiger partial charge in [-0.05, 0) is 59.9 Å². The molecule has 1 aromatic heterocycles. The van der Waals surface area contributed by atoms with Gasteiger partial charge in [0.25, 0.3) is 0 Å². The van der Waals surface area contributed by atoms with Crippen molar-refractivity contribution in [3.63, 3.8) is 0 Å². The van der Waals surface area contributed by atoms with Gasteiger partial charge in [0.05, 0.1) is 18.0 Å². The summed E-state index contributed by atoms with van der Waals surface area (Å²) in [4.78, 5) is 29.5. The van der Waals surface area contributed by atoms with Crippen LogP contribution in [0.25, 0.3) is 11.1 Å². The van der Waals surface area contributed by atoms with Gasteiger partial charge in [0.2, 0.25) is 5.91 Å². The van der Waals surface area contributed by atoms with Crippen LogP contribution in [0.4, 0.5) is 11.5 Å². The standard InChI is InChI=1S/C26H24N4O3/c1-16-11-23(29-25-10-5-19(14-27)15-28-25)22-13-21(8-9-24(22)30(16)17(2)31)20-6-3-18(4-7-20)12-26(32)33/h3-10,13,15-16,23H,11-12H2,1-2H3,(H,28,29)(H,32,33)/t16-,23?/m0/s1. The molecule has 7 heteroatoms. The molecule has 1 unspecified atom stereocenters. The molecule has 166 valence electrons. The van der Waals surface area contributed by atoms with Gasteiger partial charge in [-0.25, -0.2) is 4.98 Å². The average Bonchev–Trinajstić information content (AvgIpc) is 2.79. The number of aliphatic carboxylic acids is 1. The molecular weight excluding hydrogens is 416 g/mol. The topological polar surface area (TPSA) is 106 Å². The predicted molar refractivity (Wildman–Crippen MR) is 126 cm³/mol. The van der Waals surface area contributed by atoms with Gasteiger partial charge in [0, 0.05) is 24.8 Å². The maximum atomic E-state index is 12.4. The van der Waals surface area contributed by atoms with Gasteiger partial charge in [0.1, 0.15) is 11.9 Å². The first-order valence-corrected chi connectivity index (χ1v) is 10.7. The molecule has 2 atom stereocenters. The summed E-state index contributed by atoms with van der Waals surface area (Å²) < 4.78 is 0. The van der Waals surface area contributed by atoms with Gasteiger partial charge in [-0.3, -0.25) is 9.59 Å². The SMILES string of the molecule is CC(=O)N1c2ccc(-c3ccc(CC(=O)O)cc3)cc2C(Nc2ccc(C#N)cn2)C[C@@H]1C. The molecule has 0 saturated carbocycles. The summed E-state index contributed by atoms with van der Waals surface area (Å²) in [7, 11) is 0. The highest BCUT2D eigenvalue weighted by molar-refractivity contribution is 5.94. The molecule has 0 radical (unpaired) electrons. The van der Waals surface area contributed by atoms with Crippen LogP contribution in [0.3, 0.4) is 0 Å². The fourth-order valence-electron chi connectivity index (χ4n) is 4.37. The van der Waals surface area contributed by atoms with Crippen LogP contribution in [-0.4, -0.2) is 28.0 Å². The molecule has 1 aliphatic rings. The zero-order valence-corrected chi connectivity index (χ0v) is 18.4. The zero-order chi connectivity index (χ0) is 23.5. The van der Waals surface area contributed by atoms with E-state index in [0.29, 0.717) is 17.8 Å². The number of fused-ring (bicyclic) bond motifs is 1. The number of carboxylic acids is 1. The number of anilines is 2. The minimum atomic E-state index is -0.861. The quantitative estimate of drug-likeness (QED) is 0.603. The van der Waals surface area contributed by atoms with Crippen LogP contribution in [-0.2, 0) is 16.0 Å². The van der Waals surface area contributed by atoms with Crippen molar-refractivity contribution in [1.29, 1.82) is 5.26 Å². The molecule has 0 fully saturated rings. The first-order valence-electron chi connectivity index (χ1n) is 10.7. The molecule has 1 amide bonds. The van der Waals surface area contributed by atoms with Crippen LogP contribution < -0.4 is 10.2 Å². The second-order valence-corrected chi connectivity index (χ2v) is 8.26. The van der Waals surface area contributed by atoms with E-state index in [-0.39, 0.29) is 24.4 Å². The number of carboxylic acid groups (broad SMARTS) is 1. The second-order valence-electron chi connectivity index (χ2n) is 8.26. The molecule has 2 heterocycles. The lowest BCUT2D eigenvalue weighted by molar-refractivity contribution is -0.136. The van der Waals surface area contributed by atoms with Crippen molar-refractivity contribution in [3.8, 4) is 17.2 Å². The van der Waals surface area contributed by atoms with Crippen LogP contribution in [0, 0.1) is 11.3 Å². The van der Waals surface area contributed by atoms with Crippen LogP contribution in [0.1, 0.15) is 43.0 Å². The number of hydrogen-bond acceptors (Lipinski definition) is 5. The Morgan fingerprint density at radius 1 is 1.15 bits per heavy atom. The normalized spacial score (nSPS) is 17.1. The molecule has 2 N–H and O–H groups in total. The lowest BCUT2D eigenvalue weighted by Gasteiger charge is -2.39. The number of hydrogen-bond donors (Lipinski definition) is 2. The van der Waals surface area contributed by atoms with Crippen molar-refractivity contribution >= 4 is 23.4 Å². The highest BCUT2D eigenvalue weighted by Gasteiger charge is 2.32. The summed E-state index contributed by atoms with van der Waals surface area (Å²) in [5.41, 5.74) is 5.03. The van der Waals surface area contributed by atoms with E-state index in [4.69, 9.17) is 10.4 Å². The number of nitrogens with one attached hydrogen (secondary N) is 1. The third-order valence-corrected chi connectivity index (χ3v) is 5.88. The maximum Gasteiger partial charge on any atom is 0.307 e. The zero-order valence-electron chi connectivity index (χ0n) is 18.4. The van der Waals surface area contributed by atoms with E-state index in [1.807, 2.05) is 48.2 Å². The Bertz CT molecular complexity index is 1230. The molecule has 3 aromatic rings. The predicted octanol–water partition coefficient (Wildman–Crippen LogP) is 4.55. The monoisotopic (exact) mass is 440 g/mol. The number of nitriles is 1. The average molecular weight is 441 g/mol. The highest BCUT2D eigenvalue weighted by atomic mass is 16.4. The van der Waals surface area contributed by atoms with Gasteiger partial charge in [-0.1, -0.05) is 30.3 Å². The molecule has 4 rings (SSSR count).